The number of anilines is 1. The number of nitrogens with zero attached hydrogens (tertiary/aromatic N) is 3. The van der Waals surface area contributed by atoms with Gasteiger partial charge in [0.15, 0.2) is 0 Å². The van der Waals surface area contributed by atoms with Gasteiger partial charge in [-0.3, -0.25) is 0 Å². The second-order valence-corrected chi connectivity index (χ2v) is 5.96. The number of hydrogen-bond donors (Lipinski definition) is 1. The molecule has 1 aromatic carbocycles. The van der Waals surface area contributed by atoms with E-state index in [4.69, 9.17) is 0 Å². The smallest absolute Gasteiger partial charge is 0.120 e. The summed E-state index contributed by atoms with van der Waals surface area (Å²) in [5.41, 5.74) is 2.11. The SMILES string of the molecule is CN1CCN(CCCc2ccc(N(C)C)cc2O)CC1. The van der Waals surface area contributed by atoms with E-state index in [1.165, 1.54) is 26.2 Å². The summed E-state index contributed by atoms with van der Waals surface area (Å²) in [6.07, 6.45) is 2.06. The maximum absolute atomic E-state index is 10.1. The van der Waals surface area contributed by atoms with Gasteiger partial charge < -0.3 is 19.8 Å². The van der Waals surface area contributed by atoms with Crippen LogP contribution in [0, 0.1) is 0 Å². The van der Waals surface area contributed by atoms with Crippen LogP contribution in [-0.2, 0) is 6.42 Å². The van der Waals surface area contributed by atoms with Crippen molar-refractivity contribution in [3.05, 3.63) is 23.8 Å². The van der Waals surface area contributed by atoms with Crippen LogP contribution in [0.4, 0.5) is 5.69 Å². The second kappa shape index (κ2) is 6.95. The predicted molar refractivity (Wildman–Crippen MR) is 84.7 cm³/mol. The van der Waals surface area contributed by atoms with Gasteiger partial charge in [-0.2, -0.15) is 0 Å². The summed E-state index contributed by atoms with van der Waals surface area (Å²) in [4.78, 5) is 6.90. The Balaban J connectivity index is 1.79. The maximum Gasteiger partial charge on any atom is 0.120 e. The lowest BCUT2D eigenvalue weighted by molar-refractivity contribution is 0.153. The average molecular weight is 277 g/mol. The van der Waals surface area contributed by atoms with E-state index in [0.717, 1.165) is 30.6 Å². The first-order valence-electron chi connectivity index (χ1n) is 7.46. The molecule has 1 N–H and O–H groups in total. The zero-order valence-electron chi connectivity index (χ0n) is 13.0. The van der Waals surface area contributed by atoms with Crippen LogP contribution in [0.25, 0.3) is 0 Å². The molecule has 0 aliphatic carbocycles. The van der Waals surface area contributed by atoms with Gasteiger partial charge in [-0.25, -0.2) is 0 Å². The van der Waals surface area contributed by atoms with Crippen LogP contribution in [0.2, 0.25) is 0 Å². The second-order valence-electron chi connectivity index (χ2n) is 5.96. The quantitative estimate of drug-likeness (QED) is 0.886. The number of hydrogen-bond acceptors (Lipinski definition) is 4. The monoisotopic (exact) mass is 277 g/mol. The fourth-order valence-corrected chi connectivity index (χ4v) is 2.61. The van der Waals surface area contributed by atoms with Gasteiger partial charge in [0.05, 0.1) is 0 Å². The molecule has 0 radical (unpaired) electrons. The van der Waals surface area contributed by atoms with E-state index >= 15 is 0 Å². The van der Waals surface area contributed by atoms with Gasteiger partial charge in [0.25, 0.3) is 0 Å². The highest BCUT2D eigenvalue weighted by Crippen LogP contribution is 2.24. The summed E-state index contributed by atoms with van der Waals surface area (Å²) in [5, 5.41) is 10.1. The van der Waals surface area contributed by atoms with Crippen LogP contribution < -0.4 is 4.90 Å². The molecule has 0 amide bonds. The highest BCUT2D eigenvalue weighted by Gasteiger charge is 2.13. The number of aromatic hydroxyl groups is 1. The molecule has 4 heteroatoms. The molecular weight excluding hydrogens is 250 g/mol. The van der Waals surface area contributed by atoms with Crippen molar-refractivity contribution in [3.63, 3.8) is 0 Å². The van der Waals surface area contributed by atoms with Crippen LogP contribution in [0.15, 0.2) is 18.2 Å². The molecule has 1 heterocycles. The van der Waals surface area contributed by atoms with Crippen molar-refractivity contribution in [2.45, 2.75) is 12.8 Å². The number of rotatable bonds is 5. The van der Waals surface area contributed by atoms with E-state index in [1.54, 1.807) is 0 Å². The van der Waals surface area contributed by atoms with E-state index in [-0.39, 0.29) is 0 Å². The van der Waals surface area contributed by atoms with Gasteiger partial charge in [-0.15, -0.1) is 0 Å². The molecule has 20 heavy (non-hydrogen) atoms. The zero-order chi connectivity index (χ0) is 14.5. The van der Waals surface area contributed by atoms with Crippen molar-refractivity contribution in [1.82, 2.24) is 9.80 Å². The third kappa shape index (κ3) is 4.12. The van der Waals surface area contributed by atoms with Crippen LogP contribution >= 0.6 is 0 Å². The van der Waals surface area contributed by atoms with Gasteiger partial charge in [0.2, 0.25) is 0 Å². The normalized spacial score (nSPS) is 17.4. The van der Waals surface area contributed by atoms with E-state index in [2.05, 4.69) is 29.0 Å². The Morgan fingerprint density at radius 2 is 1.85 bits per heavy atom. The van der Waals surface area contributed by atoms with Gasteiger partial charge in [-0.05, 0) is 38.1 Å². The molecule has 2 rings (SSSR count). The van der Waals surface area contributed by atoms with Crippen molar-refractivity contribution in [1.29, 1.82) is 0 Å². The molecule has 0 aromatic heterocycles. The van der Waals surface area contributed by atoms with Gasteiger partial charge >= 0.3 is 0 Å². The summed E-state index contributed by atoms with van der Waals surface area (Å²) in [7, 11) is 6.16. The Hall–Kier alpha value is -1.26. The van der Waals surface area contributed by atoms with Gasteiger partial charge in [0.1, 0.15) is 5.75 Å². The van der Waals surface area contributed by atoms with E-state index < -0.39 is 0 Å². The van der Waals surface area contributed by atoms with Crippen LogP contribution in [0.3, 0.4) is 0 Å². The van der Waals surface area contributed by atoms with Gasteiger partial charge in [0, 0.05) is 52.0 Å². The van der Waals surface area contributed by atoms with Crippen molar-refractivity contribution < 1.29 is 5.11 Å². The number of benzene rings is 1. The molecule has 4 nitrogen and oxygen atoms in total. The van der Waals surface area contributed by atoms with E-state index in [9.17, 15) is 5.11 Å². The first-order chi connectivity index (χ1) is 9.56. The number of piperazine rings is 1. The predicted octanol–water partition coefficient (Wildman–Crippen LogP) is 1.64. The minimum absolute atomic E-state index is 0.426. The fourth-order valence-electron chi connectivity index (χ4n) is 2.61. The summed E-state index contributed by atoms with van der Waals surface area (Å²) < 4.78 is 0. The van der Waals surface area contributed by atoms with E-state index in [0.29, 0.717) is 5.75 Å². The lowest BCUT2D eigenvalue weighted by Gasteiger charge is -2.32. The molecule has 112 valence electrons. The summed E-state index contributed by atoms with van der Waals surface area (Å²) in [6, 6.07) is 5.98. The largest absolute Gasteiger partial charge is 0.508 e. The summed E-state index contributed by atoms with van der Waals surface area (Å²) in [6.45, 7) is 5.80. The fraction of sp³-hybridized carbons (Fsp3) is 0.625. The highest BCUT2D eigenvalue weighted by atomic mass is 16.3. The number of likely N-dealkylation sites (N-methyl/N-ethyl adjacent to an activating group) is 1. The number of phenols is 1. The molecule has 0 saturated carbocycles. The Bertz CT molecular complexity index is 426. The Kier molecular flexibility index (Phi) is 5.26. The minimum Gasteiger partial charge on any atom is -0.508 e. The third-order valence-electron chi connectivity index (χ3n) is 4.10. The topological polar surface area (TPSA) is 30.0 Å². The standard InChI is InChI=1S/C16H27N3O/c1-17(2)15-7-6-14(16(20)13-15)5-4-8-19-11-9-18(3)10-12-19/h6-7,13,20H,4-5,8-12H2,1-3H3. The maximum atomic E-state index is 10.1. The molecule has 0 atom stereocenters. The average Bonchev–Trinajstić information content (AvgIpc) is 2.42. The Morgan fingerprint density at radius 3 is 2.45 bits per heavy atom. The Morgan fingerprint density at radius 1 is 1.15 bits per heavy atom. The zero-order valence-corrected chi connectivity index (χ0v) is 13.0. The third-order valence-corrected chi connectivity index (χ3v) is 4.10. The number of aryl methyl sites for hydroxylation is 1. The summed E-state index contributed by atoms with van der Waals surface area (Å²) >= 11 is 0. The molecule has 0 bridgehead atoms. The molecule has 1 aromatic rings. The van der Waals surface area contributed by atoms with E-state index in [1.807, 2.05) is 25.1 Å². The number of phenolic OH excluding ortho intramolecular Hbond substituents is 1. The molecule has 1 aliphatic rings. The van der Waals surface area contributed by atoms with Crippen LogP contribution in [-0.4, -0.2) is 68.8 Å². The molecule has 1 aliphatic heterocycles. The Labute approximate surface area is 122 Å². The van der Waals surface area contributed by atoms with Crippen molar-refractivity contribution in [2.24, 2.45) is 0 Å². The lowest BCUT2D eigenvalue weighted by atomic mass is 10.1. The van der Waals surface area contributed by atoms with Crippen molar-refractivity contribution in [2.75, 3.05) is 58.8 Å². The van der Waals surface area contributed by atoms with Crippen molar-refractivity contribution in [3.8, 4) is 5.75 Å². The van der Waals surface area contributed by atoms with Gasteiger partial charge in [-0.1, -0.05) is 6.07 Å². The first kappa shape index (κ1) is 15.1. The lowest BCUT2D eigenvalue weighted by Crippen LogP contribution is -2.44. The van der Waals surface area contributed by atoms with Crippen LogP contribution in [0.1, 0.15) is 12.0 Å². The van der Waals surface area contributed by atoms with Crippen LogP contribution in [0.5, 0.6) is 5.75 Å². The first-order valence-corrected chi connectivity index (χ1v) is 7.46. The summed E-state index contributed by atoms with van der Waals surface area (Å²) in [5.74, 6) is 0.426. The molecule has 0 spiro atoms. The highest BCUT2D eigenvalue weighted by molar-refractivity contribution is 5.52. The molecule has 0 unspecified atom stereocenters. The van der Waals surface area contributed by atoms with Crippen molar-refractivity contribution >= 4 is 5.69 Å². The molecular formula is C16H27N3O. The molecule has 1 fully saturated rings. The molecule has 1 saturated heterocycles. The minimum atomic E-state index is 0.426.